The predicted octanol–water partition coefficient (Wildman–Crippen LogP) is 4.29. The molecule has 1 aliphatic carbocycles. The van der Waals surface area contributed by atoms with Gasteiger partial charge in [-0.25, -0.2) is 9.97 Å². The molecule has 0 bridgehead atoms. The molecule has 2 aromatic rings. The van der Waals surface area contributed by atoms with Crippen molar-refractivity contribution < 1.29 is 4.74 Å². The van der Waals surface area contributed by atoms with E-state index in [0.717, 1.165) is 35.7 Å². The molecular weight excluding hydrogens is 272 g/mol. The number of hydrogen-bond acceptors (Lipinski definition) is 3. The van der Waals surface area contributed by atoms with Crippen LogP contribution in [0.1, 0.15) is 32.0 Å². The summed E-state index contributed by atoms with van der Waals surface area (Å²) in [7, 11) is 0. The minimum absolute atomic E-state index is 0.422. The van der Waals surface area contributed by atoms with Gasteiger partial charge in [-0.3, -0.25) is 0 Å². The number of ether oxygens (including phenoxy) is 1. The fourth-order valence-electron chi connectivity index (χ4n) is 2.03. The van der Waals surface area contributed by atoms with Crippen LogP contribution in [0.5, 0.6) is 5.75 Å². The van der Waals surface area contributed by atoms with E-state index >= 15 is 0 Å². The lowest BCUT2D eigenvalue weighted by molar-refractivity contribution is 0.303. The molecule has 20 heavy (non-hydrogen) atoms. The van der Waals surface area contributed by atoms with Crippen molar-refractivity contribution in [1.29, 1.82) is 0 Å². The Kier molecular flexibility index (Phi) is 3.88. The third kappa shape index (κ3) is 3.28. The molecule has 0 saturated heterocycles. The van der Waals surface area contributed by atoms with E-state index < -0.39 is 0 Å². The highest BCUT2D eigenvalue weighted by atomic mass is 35.5. The number of nitrogens with zero attached hydrogens (tertiary/aromatic N) is 2. The maximum Gasteiger partial charge on any atom is 0.133 e. The average Bonchev–Trinajstić information content (AvgIpc) is 3.23. The van der Waals surface area contributed by atoms with Crippen molar-refractivity contribution in [3.63, 3.8) is 0 Å². The van der Waals surface area contributed by atoms with Crippen LogP contribution in [0.15, 0.2) is 30.3 Å². The number of hydrogen-bond donors (Lipinski definition) is 0. The number of benzene rings is 1. The van der Waals surface area contributed by atoms with Gasteiger partial charge in [0.25, 0.3) is 0 Å². The van der Waals surface area contributed by atoms with E-state index in [4.69, 9.17) is 16.3 Å². The average molecular weight is 289 g/mol. The minimum atomic E-state index is 0.422. The van der Waals surface area contributed by atoms with E-state index in [0.29, 0.717) is 11.3 Å². The number of halogens is 1. The SMILES string of the molecule is CCCc1nc(Cl)cc(-c2ccc(OC3CC3)cc2)n1. The van der Waals surface area contributed by atoms with Gasteiger partial charge in [0, 0.05) is 18.1 Å². The Morgan fingerprint density at radius 2 is 1.95 bits per heavy atom. The van der Waals surface area contributed by atoms with Crippen molar-refractivity contribution in [3.8, 4) is 17.0 Å². The van der Waals surface area contributed by atoms with E-state index in [1.165, 1.54) is 12.8 Å². The minimum Gasteiger partial charge on any atom is -0.490 e. The summed E-state index contributed by atoms with van der Waals surface area (Å²) in [6.07, 6.45) is 4.61. The molecule has 4 heteroatoms. The van der Waals surface area contributed by atoms with Crippen LogP contribution in [-0.4, -0.2) is 16.1 Å². The Bertz CT molecular complexity index is 594. The third-order valence-corrected chi connectivity index (χ3v) is 3.39. The molecule has 0 radical (unpaired) electrons. The van der Waals surface area contributed by atoms with Crippen LogP contribution in [0.3, 0.4) is 0 Å². The van der Waals surface area contributed by atoms with Crippen LogP contribution < -0.4 is 4.74 Å². The molecule has 1 heterocycles. The maximum absolute atomic E-state index is 6.07. The summed E-state index contributed by atoms with van der Waals surface area (Å²) in [5, 5.41) is 0.497. The number of aromatic nitrogens is 2. The molecule has 0 N–H and O–H groups in total. The second-order valence-electron chi connectivity index (χ2n) is 5.08. The van der Waals surface area contributed by atoms with E-state index in [9.17, 15) is 0 Å². The van der Waals surface area contributed by atoms with Gasteiger partial charge in [-0.2, -0.15) is 0 Å². The molecule has 1 aromatic heterocycles. The van der Waals surface area contributed by atoms with Crippen molar-refractivity contribution in [2.24, 2.45) is 0 Å². The van der Waals surface area contributed by atoms with E-state index in [1.54, 1.807) is 6.07 Å². The summed E-state index contributed by atoms with van der Waals surface area (Å²) in [5.41, 5.74) is 1.90. The molecule has 104 valence electrons. The Labute approximate surface area is 124 Å². The highest BCUT2D eigenvalue weighted by Gasteiger charge is 2.23. The Morgan fingerprint density at radius 1 is 1.20 bits per heavy atom. The van der Waals surface area contributed by atoms with Gasteiger partial charge in [-0.1, -0.05) is 18.5 Å². The van der Waals surface area contributed by atoms with Crippen LogP contribution in [0.4, 0.5) is 0 Å². The van der Waals surface area contributed by atoms with Gasteiger partial charge in [0.2, 0.25) is 0 Å². The summed E-state index contributed by atoms with van der Waals surface area (Å²) in [5.74, 6) is 1.72. The number of rotatable bonds is 5. The topological polar surface area (TPSA) is 35.0 Å². The lowest BCUT2D eigenvalue weighted by Crippen LogP contribution is -1.98. The normalized spacial score (nSPS) is 14.3. The van der Waals surface area contributed by atoms with E-state index in [2.05, 4.69) is 16.9 Å². The van der Waals surface area contributed by atoms with Crippen LogP contribution >= 0.6 is 11.6 Å². The van der Waals surface area contributed by atoms with Crippen molar-refractivity contribution in [1.82, 2.24) is 9.97 Å². The Hall–Kier alpha value is -1.61. The lowest BCUT2D eigenvalue weighted by atomic mass is 10.1. The summed E-state index contributed by atoms with van der Waals surface area (Å²) in [4.78, 5) is 8.80. The Balaban J connectivity index is 1.83. The van der Waals surface area contributed by atoms with Gasteiger partial charge in [0.05, 0.1) is 11.8 Å². The molecule has 0 atom stereocenters. The van der Waals surface area contributed by atoms with Crippen LogP contribution in [0.2, 0.25) is 5.15 Å². The standard InChI is InChI=1S/C16H17ClN2O/c1-2-3-16-18-14(10-15(17)19-16)11-4-6-12(7-5-11)20-13-8-9-13/h4-7,10,13H,2-3,8-9H2,1H3. The highest BCUT2D eigenvalue weighted by Crippen LogP contribution is 2.28. The van der Waals surface area contributed by atoms with Gasteiger partial charge in [0.15, 0.2) is 0 Å². The fraction of sp³-hybridized carbons (Fsp3) is 0.375. The summed E-state index contributed by atoms with van der Waals surface area (Å²) in [6, 6.07) is 9.82. The van der Waals surface area contributed by atoms with Crippen LogP contribution in [0.25, 0.3) is 11.3 Å². The van der Waals surface area contributed by atoms with E-state index in [1.807, 2.05) is 24.3 Å². The molecule has 0 spiro atoms. The van der Waals surface area contributed by atoms with Gasteiger partial charge in [0.1, 0.15) is 16.7 Å². The molecule has 1 aromatic carbocycles. The lowest BCUT2D eigenvalue weighted by Gasteiger charge is -2.07. The van der Waals surface area contributed by atoms with Gasteiger partial charge in [-0.05, 0) is 43.5 Å². The van der Waals surface area contributed by atoms with Crippen molar-refractivity contribution in [2.45, 2.75) is 38.7 Å². The monoisotopic (exact) mass is 288 g/mol. The molecule has 0 unspecified atom stereocenters. The number of aryl methyl sites for hydroxylation is 1. The summed E-state index contributed by atoms with van der Waals surface area (Å²) >= 11 is 6.07. The largest absolute Gasteiger partial charge is 0.490 e. The fourth-order valence-corrected chi connectivity index (χ4v) is 2.23. The van der Waals surface area contributed by atoms with E-state index in [-0.39, 0.29) is 0 Å². The molecule has 3 nitrogen and oxygen atoms in total. The van der Waals surface area contributed by atoms with Gasteiger partial charge >= 0.3 is 0 Å². The molecule has 0 aliphatic heterocycles. The molecule has 1 aliphatic rings. The first-order valence-electron chi connectivity index (χ1n) is 7.05. The quantitative estimate of drug-likeness (QED) is 0.770. The molecule has 1 saturated carbocycles. The maximum atomic E-state index is 6.07. The molecule has 0 amide bonds. The third-order valence-electron chi connectivity index (χ3n) is 3.19. The summed E-state index contributed by atoms with van der Waals surface area (Å²) in [6.45, 7) is 2.11. The second kappa shape index (κ2) is 5.80. The first kappa shape index (κ1) is 13.4. The van der Waals surface area contributed by atoms with Gasteiger partial charge in [-0.15, -0.1) is 0 Å². The Morgan fingerprint density at radius 3 is 2.60 bits per heavy atom. The molecular formula is C16H17ClN2O. The first-order valence-corrected chi connectivity index (χ1v) is 7.43. The zero-order valence-corrected chi connectivity index (χ0v) is 12.2. The molecule has 3 rings (SSSR count). The first-order chi connectivity index (χ1) is 9.74. The van der Waals surface area contributed by atoms with Crippen molar-refractivity contribution in [3.05, 3.63) is 41.3 Å². The van der Waals surface area contributed by atoms with Crippen LogP contribution in [0, 0.1) is 0 Å². The zero-order chi connectivity index (χ0) is 13.9. The smallest absolute Gasteiger partial charge is 0.133 e. The van der Waals surface area contributed by atoms with Crippen LogP contribution in [-0.2, 0) is 6.42 Å². The zero-order valence-electron chi connectivity index (χ0n) is 11.5. The summed E-state index contributed by atoms with van der Waals surface area (Å²) < 4.78 is 5.74. The predicted molar refractivity (Wildman–Crippen MR) is 80.1 cm³/mol. The highest BCUT2D eigenvalue weighted by molar-refractivity contribution is 6.29. The molecule has 1 fully saturated rings. The van der Waals surface area contributed by atoms with Crippen molar-refractivity contribution in [2.75, 3.05) is 0 Å². The van der Waals surface area contributed by atoms with Crippen molar-refractivity contribution >= 4 is 11.6 Å². The second-order valence-corrected chi connectivity index (χ2v) is 5.47. The van der Waals surface area contributed by atoms with Gasteiger partial charge < -0.3 is 4.74 Å².